The lowest BCUT2D eigenvalue weighted by Gasteiger charge is -2.37. The summed E-state index contributed by atoms with van der Waals surface area (Å²) in [4.78, 5) is 14.7. The third kappa shape index (κ3) is 1.78. The zero-order valence-electron chi connectivity index (χ0n) is 15.3. The summed E-state index contributed by atoms with van der Waals surface area (Å²) < 4.78 is 34.9. The van der Waals surface area contributed by atoms with Crippen LogP contribution in [0, 0.1) is 10.8 Å². The van der Waals surface area contributed by atoms with Crippen molar-refractivity contribution in [3.8, 4) is 0 Å². The monoisotopic (exact) mass is 365 g/mol. The SMILES string of the molecule is C[C@@H]1Cc2c(C(=O)N3CCC4(CC3)C(F)(F)C43CCC3)n[nH]c2[C@H](C)O1. The van der Waals surface area contributed by atoms with Crippen LogP contribution in [0.5, 0.6) is 0 Å². The number of carbonyl (C=O) groups is 1. The number of piperidine rings is 1. The van der Waals surface area contributed by atoms with Crippen molar-refractivity contribution in [3.63, 3.8) is 0 Å². The van der Waals surface area contributed by atoms with E-state index in [0.717, 1.165) is 17.7 Å². The molecule has 2 spiro atoms. The van der Waals surface area contributed by atoms with Gasteiger partial charge in [0.05, 0.1) is 17.9 Å². The molecule has 3 heterocycles. The molecule has 7 heteroatoms. The number of aromatic amines is 1. The maximum Gasteiger partial charge on any atom is 0.274 e. The van der Waals surface area contributed by atoms with Crippen LogP contribution in [0.3, 0.4) is 0 Å². The average molecular weight is 365 g/mol. The summed E-state index contributed by atoms with van der Waals surface area (Å²) in [5.74, 6) is -2.67. The number of fused-ring (bicyclic) bond motifs is 2. The van der Waals surface area contributed by atoms with E-state index in [1.807, 2.05) is 13.8 Å². The molecule has 2 aliphatic heterocycles. The van der Waals surface area contributed by atoms with Gasteiger partial charge in [-0.1, -0.05) is 6.42 Å². The minimum atomic E-state index is -2.54. The van der Waals surface area contributed by atoms with E-state index in [0.29, 0.717) is 50.9 Å². The number of hydrogen-bond acceptors (Lipinski definition) is 3. The van der Waals surface area contributed by atoms with E-state index in [9.17, 15) is 13.6 Å². The summed E-state index contributed by atoms with van der Waals surface area (Å²) in [6, 6.07) is 0. The molecule has 5 nitrogen and oxygen atoms in total. The fourth-order valence-electron chi connectivity index (χ4n) is 5.95. The van der Waals surface area contributed by atoms with Gasteiger partial charge in [0.2, 0.25) is 0 Å². The van der Waals surface area contributed by atoms with Crippen LogP contribution in [0.1, 0.15) is 73.8 Å². The molecule has 1 amide bonds. The lowest BCUT2D eigenvalue weighted by atomic mass is 9.72. The second-order valence-electron chi connectivity index (χ2n) is 8.64. The molecular weight excluding hydrogens is 340 g/mol. The van der Waals surface area contributed by atoms with Crippen molar-refractivity contribution >= 4 is 5.91 Å². The Labute approximate surface area is 151 Å². The van der Waals surface area contributed by atoms with Gasteiger partial charge in [-0.3, -0.25) is 9.89 Å². The van der Waals surface area contributed by atoms with E-state index >= 15 is 0 Å². The van der Waals surface area contributed by atoms with Gasteiger partial charge in [0.25, 0.3) is 11.8 Å². The number of amides is 1. The van der Waals surface area contributed by atoms with Crippen molar-refractivity contribution in [1.29, 1.82) is 0 Å². The molecule has 142 valence electrons. The first-order valence-corrected chi connectivity index (χ1v) is 9.73. The number of hydrogen-bond donors (Lipinski definition) is 1. The molecule has 0 bridgehead atoms. The average Bonchev–Trinajstić information content (AvgIpc) is 2.82. The third-order valence-corrected chi connectivity index (χ3v) is 7.60. The highest BCUT2D eigenvalue weighted by Crippen LogP contribution is 2.85. The van der Waals surface area contributed by atoms with Gasteiger partial charge in [0, 0.05) is 35.9 Å². The van der Waals surface area contributed by atoms with E-state index in [1.54, 1.807) is 4.90 Å². The van der Waals surface area contributed by atoms with Gasteiger partial charge in [0.15, 0.2) is 5.69 Å². The quantitative estimate of drug-likeness (QED) is 0.829. The Balaban J connectivity index is 1.33. The van der Waals surface area contributed by atoms with Crippen molar-refractivity contribution < 1.29 is 18.3 Å². The maximum atomic E-state index is 14.6. The normalized spacial score (nSPS) is 33.0. The first-order chi connectivity index (χ1) is 12.3. The molecule has 0 radical (unpaired) electrons. The van der Waals surface area contributed by atoms with Crippen LogP contribution in [-0.4, -0.2) is 46.1 Å². The number of carbonyl (C=O) groups excluding carboxylic acids is 1. The number of nitrogens with one attached hydrogen (secondary N) is 1. The Morgan fingerprint density at radius 1 is 1.19 bits per heavy atom. The number of aromatic nitrogens is 2. The summed E-state index contributed by atoms with van der Waals surface area (Å²) in [7, 11) is 0. The molecule has 26 heavy (non-hydrogen) atoms. The van der Waals surface area contributed by atoms with E-state index < -0.39 is 16.8 Å². The Kier molecular flexibility index (Phi) is 3.24. The van der Waals surface area contributed by atoms with E-state index in [-0.39, 0.29) is 18.1 Å². The lowest BCUT2D eigenvalue weighted by Crippen LogP contribution is -2.42. The maximum absolute atomic E-state index is 14.6. The Morgan fingerprint density at radius 2 is 1.85 bits per heavy atom. The van der Waals surface area contributed by atoms with Crippen LogP contribution in [0.25, 0.3) is 0 Å². The molecule has 1 N–H and O–H groups in total. The molecule has 1 aromatic rings. The molecule has 1 aromatic heterocycles. The van der Waals surface area contributed by atoms with Crippen molar-refractivity contribution in [2.24, 2.45) is 10.8 Å². The summed E-state index contributed by atoms with van der Waals surface area (Å²) in [5, 5.41) is 7.20. The van der Waals surface area contributed by atoms with Crippen LogP contribution < -0.4 is 0 Å². The molecular formula is C19H25F2N3O2. The van der Waals surface area contributed by atoms with Crippen LogP contribution in [0.4, 0.5) is 8.78 Å². The number of H-pyrrole nitrogens is 1. The highest BCUT2D eigenvalue weighted by Gasteiger charge is 2.91. The lowest BCUT2D eigenvalue weighted by molar-refractivity contribution is -0.00710. The van der Waals surface area contributed by atoms with Gasteiger partial charge in [0.1, 0.15) is 0 Å². The zero-order chi connectivity index (χ0) is 18.3. The highest BCUT2D eigenvalue weighted by molar-refractivity contribution is 5.94. The molecule has 4 aliphatic rings. The van der Waals surface area contributed by atoms with Crippen LogP contribution >= 0.6 is 0 Å². The van der Waals surface area contributed by atoms with Gasteiger partial charge >= 0.3 is 0 Å². The summed E-state index contributed by atoms with van der Waals surface area (Å²) in [6.07, 6.45) is 3.61. The standard InChI is InChI=1S/C19H25F2N3O2/c1-11-10-13-14(12(2)26-11)22-23-15(13)16(25)24-8-6-18(7-9-24)17(4-3-5-17)19(18,20)21/h11-12H,3-10H2,1-2H3,(H,22,23)/t11-,12+/m1/s1. The first-order valence-electron chi connectivity index (χ1n) is 9.73. The van der Waals surface area contributed by atoms with Gasteiger partial charge < -0.3 is 9.64 Å². The predicted molar refractivity (Wildman–Crippen MR) is 90.1 cm³/mol. The number of nitrogens with zero attached hydrogens (tertiary/aromatic N) is 2. The smallest absolute Gasteiger partial charge is 0.274 e. The minimum Gasteiger partial charge on any atom is -0.369 e. The number of alkyl halides is 2. The van der Waals surface area contributed by atoms with Crippen molar-refractivity contribution in [2.75, 3.05) is 13.1 Å². The van der Waals surface area contributed by atoms with Gasteiger partial charge in [-0.25, -0.2) is 8.78 Å². The Morgan fingerprint density at radius 3 is 2.42 bits per heavy atom. The van der Waals surface area contributed by atoms with E-state index in [1.165, 1.54) is 0 Å². The van der Waals surface area contributed by atoms with Crippen LogP contribution in [0.2, 0.25) is 0 Å². The minimum absolute atomic E-state index is 0.0369. The number of ether oxygens (including phenoxy) is 1. The fourth-order valence-corrected chi connectivity index (χ4v) is 5.95. The van der Waals surface area contributed by atoms with Crippen molar-refractivity contribution in [2.45, 2.75) is 70.5 Å². The largest absolute Gasteiger partial charge is 0.369 e. The van der Waals surface area contributed by atoms with Gasteiger partial charge in [-0.05, 0) is 39.5 Å². The molecule has 5 rings (SSSR count). The highest BCUT2D eigenvalue weighted by atomic mass is 19.3. The summed E-state index contributed by atoms with van der Waals surface area (Å²) >= 11 is 0. The Bertz CT molecular complexity index is 763. The molecule has 2 aliphatic carbocycles. The molecule has 0 unspecified atom stereocenters. The summed E-state index contributed by atoms with van der Waals surface area (Å²) in [6.45, 7) is 4.73. The number of likely N-dealkylation sites (tertiary alicyclic amines) is 1. The molecule has 2 saturated carbocycles. The van der Waals surface area contributed by atoms with Crippen LogP contribution in [0.15, 0.2) is 0 Å². The third-order valence-electron chi connectivity index (χ3n) is 7.60. The number of halogens is 2. The van der Waals surface area contributed by atoms with Crippen molar-refractivity contribution in [3.05, 3.63) is 17.0 Å². The zero-order valence-corrected chi connectivity index (χ0v) is 15.3. The molecule has 2 atom stereocenters. The topological polar surface area (TPSA) is 58.2 Å². The van der Waals surface area contributed by atoms with E-state index in [4.69, 9.17) is 4.74 Å². The fraction of sp³-hybridized carbons (Fsp3) is 0.789. The predicted octanol–water partition coefficient (Wildman–Crippen LogP) is 3.47. The van der Waals surface area contributed by atoms with Gasteiger partial charge in [-0.15, -0.1) is 0 Å². The first kappa shape index (κ1) is 16.7. The molecule has 1 saturated heterocycles. The van der Waals surface area contributed by atoms with Crippen molar-refractivity contribution in [1.82, 2.24) is 15.1 Å². The molecule has 3 fully saturated rings. The van der Waals surface area contributed by atoms with E-state index in [2.05, 4.69) is 10.2 Å². The number of rotatable bonds is 1. The second-order valence-corrected chi connectivity index (χ2v) is 8.64. The Hall–Kier alpha value is -1.50. The second kappa shape index (κ2) is 5.06. The molecule has 0 aromatic carbocycles. The van der Waals surface area contributed by atoms with Crippen LogP contribution in [-0.2, 0) is 11.2 Å². The van der Waals surface area contributed by atoms with Gasteiger partial charge in [-0.2, -0.15) is 5.10 Å². The summed E-state index contributed by atoms with van der Waals surface area (Å²) in [5.41, 5.74) is 0.634.